The number of fused-ring (bicyclic) bond motifs is 1. The third-order valence-electron chi connectivity index (χ3n) is 2.72. The highest BCUT2D eigenvalue weighted by molar-refractivity contribution is 5.96. The molecule has 2 rings (SSSR count). The number of carboxylic acids is 1. The second kappa shape index (κ2) is 5.33. The smallest absolute Gasteiger partial charge is 0.328 e. The number of carboxylic acid groups (broad SMARTS) is 1. The third-order valence-corrected chi connectivity index (χ3v) is 2.72. The van der Waals surface area contributed by atoms with Crippen molar-refractivity contribution < 1.29 is 15.0 Å². The Labute approximate surface area is 108 Å². The van der Waals surface area contributed by atoms with E-state index in [2.05, 4.69) is 16.4 Å². The van der Waals surface area contributed by atoms with Crippen molar-refractivity contribution in [1.29, 1.82) is 5.26 Å². The summed E-state index contributed by atoms with van der Waals surface area (Å²) >= 11 is 0. The zero-order valence-electron chi connectivity index (χ0n) is 9.87. The van der Waals surface area contributed by atoms with Crippen LogP contribution in [0.5, 0.6) is 0 Å². The first kappa shape index (κ1) is 12.8. The number of benzene rings is 1. The summed E-state index contributed by atoms with van der Waals surface area (Å²) in [6.07, 6.45) is 1.49. The second-order valence-electron chi connectivity index (χ2n) is 3.89. The van der Waals surface area contributed by atoms with Crippen LogP contribution < -0.4 is 5.32 Å². The monoisotopic (exact) mass is 257 g/mol. The Morgan fingerprint density at radius 1 is 1.42 bits per heavy atom. The fraction of sp³-hybridized carbons (Fsp3) is 0.154. The maximum absolute atomic E-state index is 10.9. The van der Waals surface area contributed by atoms with Gasteiger partial charge in [0, 0.05) is 17.0 Å². The van der Waals surface area contributed by atoms with Gasteiger partial charge in [0.05, 0.1) is 18.2 Å². The first-order chi connectivity index (χ1) is 9.17. The number of aliphatic hydroxyl groups excluding tert-OH is 1. The minimum atomic E-state index is -1.17. The van der Waals surface area contributed by atoms with Gasteiger partial charge < -0.3 is 15.5 Å². The lowest BCUT2D eigenvalue weighted by Crippen LogP contribution is -2.33. The van der Waals surface area contributed by atoms with Crippen molar-refractivity contribution in [3.05, 3.63) is 36.0 Å². The van der Waals surface area contributed by atoms with Gasteiger partial charge in [-0.25, -0.2) is 9.78 Å². The van der Waals surface area contributed by atoms with Gasteiger partial charge in [0.2, 0.25) is 0 Å². The highest BCUT2D eigenvalue weighted by Gasteiger charge is 2.17. The van der Waals surface area contributed by atoms with Gasteiger partial charge in [0.25, 0.3) is 0 Å². The molecule has 19 heavy (non-hydrogen) atoms. The van der Waals surface area contributed by atoms with Gasteiger partial charge in [-0.15, -0.1) is 0 Å². The van der Waals surface area contributed by atoms with E-state index in [1.807, 2.05) is 0 Å². The number of hydrogen-bond acceptors (Lipinski definition) is 5. The molecular weight excluding hydrogens is 246 g/mol. The van der Waals surface area contributed by atoms with Gasteiger partial charge in [-0.3, -0.25) is 0 Å². The van der Waals surface area contributed by atoms with E-state index in [9.17, 15) is 4.79 Å². The zero-order chi connectivity index (χ0) is 13.8. The molecule has 1 aromatic heterocycles. The Bertz CT molecular complexity index is 664. The number of rotatable bonds is 4. The first-order valence-electron chi connectivity index (χ1n) is 5.55. The Kier molecular flexibility index (Phi) is 3.59. The molecule has 1 heterocycles. The average molecular weight is 257 g/mol. The third kappa shape index (κ3) is 2.46. The Hall–Kier alpha value is -2.65. The molecule has 96 valence electrons. The Balaban J connectivity index is 2.50. The number of hydrogen-bond donors (Lipinski definition) is 3. The van der Waals surface area contributed by atoms with Crippen molar-refractivity contribution in [2.75, 3.05) is 11.9 Å². The van der Waals surface area contributed by atoms with Crippen LogP contribution in [0, 0.1) is 11.3 Å². The van der Waals surface area contributed by atoms with E-state index in [0.29, 0.717) is 22.2 Å². The summed E-state index contributed by atoms with van der Waals surface area (Å²) in [5.74, 6) is -0.839. The normalized spacial score (nSPS) is 11.8. The zero-order valence-corrected chi connectivity index (χ0v) is 9.87. The minimum Gasteiger partial charge on any atom is -0.480 e. The van der Waals surface area contributed by atoms with Crippen LogP contribution in [0.4, 0.5) is 5.82 Å². The minimum absolute atomic E-state index is 0.330. The van der Waals surface area contributed by atoms with Crippen LogP contribution in [-0.2, 0) is 4.79 Å². The SMILES string of the molecule is N#Cc1cccc2c(NC(CO)C(=O)O)nccc12. The van der Waals surface area contributed by atoms with Gasteiger partial charge in [-0.05, 0) is 12.1 Å². The van der Waals surface area contributed by atoms with Crippen LogP contribution in [0.3, 0.4) is 0 Å². The number of aliphatic carboxylic acids is 1. The molecule has 0 amide bonds. The van der Waals surface area contributed by atoms with Crippen molar-refractivity contribution in [3.8, 4) is 6.07 Å². The number of nitrogens with zero attached hydrogens (tertiary/aromatic N) is 2. The summed E-state index contributed by atoms with van der Waals surface area (Å²) in [6, 6.07) is 7.73. The van der Waals surface area contributed by atoms with Crippen LogP contribution in [-0.4, -0.2) is 33.8 Å². The quantitative estimate of drug-likeness (QED) is 0.753. The number of aliphatic hydroxyl groups is 1. The van der Waals surface area contributed by atoms with Crippen LogP contribution >= 0.6 is 0 Å². The first-order valence-corrected chi connectivity index (χ1v) is 5.55. The molecule has 0 radical (unpaired) electrons. The van der Waals surface area contributed by atoms with Gasteiger partial charge in [-0.2, -0.15) is 5.26 Å². The van der Waals surface area contributed by atoms with E-state index in [1.54, 1.807) is 24.3 Å². The molecule has 1 unspecified atom stereocenters. The van der Waals surface area contributed by atoms with Crippen LogP contribution in [0.15, 0.2) is 30.5 Å². The maximum Gasteiger partial charge on any atom is 0.328 e. The van der Waals surface area contributed by atoms with Crippen LogP contribution in [0.1, 0.15) is 5.56 Å². The molecule has 0 fully saturated rings. The summed E-state index contributed by atoms with van der Waals surface area (Å²) in [6.45, 7) is -0.550. The number of nitriles is 1. The van der Waals surface area contributed by atoms with Gasteiger partial charge in [0.1, 0.15) is 11.9 Å². The Morgan fingerprint density at radius 2 is 2.21 bits per heavy atom. The summed E-state index contributed by atoms with van der Waals surface area (Å²) in [5.41, 5.74) is 0.485. The predicted octanol–water partition coefficient (Wildman–Crippen LogP) is 0.964. The number of pyridine rings is 1. The molecule has 0 aliphatic carbocycles. The highest BCUT2D eigenvalue weighted by Crippen LogP contribution is 2.24. The van der Waals surface area contributed by atoms with Gasteiger partial charge in [-0.1, -0.05) is 12.1 Å². The van der Waals surface area contributed by atoms with Crippen LogP contribution in [0.2, 0.25) is 0 Å². The molecule has 0 aliphatic heterocycles. The van der Waals surface area contributed by atoms with Gasteiger partial charge >= 0.3 is 5.97 Å². The maximum atomic E-state index is 10.9. The van der Waals surface area contributed by atoms with E-state index < -0.39 is 18.6 Å². The molecule has 2 aromatic rings. The van der Waals surface area contributed by atoms with Crippen molar-refractivity contribution in [2.45, 2.75) is 6.04 Å². The lowest BCUT2D eigenvalue weighted by atomic mass is 10.1. The molecule has 1 atom stereocenters. The highest BCUT2D eigenvalue weighted by atomic mass is 16.4. The molecule has 6 heteroatoms. The van der Waals surface area contributed by atoms with E-state index in [1.165, 1.54) is 6.20 Å². The summed E-state index contributed by atoms with van der Waals surface area (Å²) in [4.78, 5) is 14.9. The number of nitrogens with one attached hydrogen (secondary N) is 1. The van der Waals surface area contributed by atoms with Crippen molar-refractivity contribution in [1.82, 2.24) is 4.98 Å². The number of carbonyl (C=O) groups is 1. The van der Waals surface area contributed by atoms with E-state index in [4.69, 9.17) is 15.5 Å². The van der Waals surface area contributed by atoms with Crippen molar-refractivity contribution in [2.24, 2.45) is 0 Å². The van der Waals surface area contributed by atoms with Crippen molar-refractivity contribution in [3.63, 3.8) is 0 Å². The molecule has 0 aliphatic rings. The molecule has 3 N–H and O–H groups in total. The van der Waals surface area contributed by atoms with E-state index in [-0.39, 0.29) is 0 Å². The number of anilines is 1. The fourth-order valence-corrected chi connectivity index (χ4v) is 1.77. The standard InChI is InChI=1S/C13H11N3O3/c14-6-8-2-1-3-10-9(8)4-5-15-12(10)16-11(7-17)13(18)19/h1-5,11,17H,7H2,(H,15,16)(H,18,19). The topological polar surface area (TPSA) is 106 Å². The predicted molar refractivity (Wildman–Crippen MR) is 68.6 cm³/mol. The molecule has 1 aromatic carbocycles. The van der Waals surface area contributed by atoms with Crippen molar-refractivity contribution >= 4 is 22.6 Å². The molecule has 0 saturated heterocycles. The average Bonchev–Trinajstić information content (AvgIpc) is 2.43. The lowest BCUT2D eigenvalue weighted by Gasteiger charge is -2.14. The summed E-state index contributed by atoms with van der Waals surface area (Å²) in [7, 11) is 0. The lowest BCUT2D eigenvalue weighted by molar-refractivity contribution is -0.138. The molecule has 0 spiro atoms. The van der Waals surface area contributed by atoms with E-state index in [0.717, 1.165) is 0 Å². The Morgan fingerprint density at radius 3 is 2.84 bits per heavy atom. The second-order valence-corrected chi connectivity index (χ2v) is 3.89. The fourth-order valence-electron chi connectivity index (χ4n) is 1.77. The van der Waals surface area contributed by atoms with E-state index >= 15 is 0 Å². The largest absolute Gasteiger partial charge is 0.480 e. The van der Waals surface area contributed by atoms with Gasteiger partial charge in [0.15, 0.2) is 0 Å². The summed E-state index contributed by atoms with van der Waals surface area (Å²) in [5, 5.41) is 30.9. The number of aromatic nitrogens is 1. The molecule has 6 nitrogen and oxygen atoms in total. The molecule has 0 bridgehead atoms. The molecule has 0 saturated carbocycles. The van der Waals surface area contributed by atoms with Crippen LogP contribution in [0.25, 0.3) is 10.8 Å². The molecular formula is C13H11N3O3. The summed E-state index contributed by atoms with van der Waals surface area (Å²) < 4.78 is 0.